The van der Waals surface area contributed by atoms with E-state index in [4.69, 9.17) is 4.84 Å². The van der Waals surface area contributed by atoms with Gasteiger partial charge in [0.2, 0.25) is 0 Å². The summed E-state index contributed by atoms with van der Waals surface area (Å²) in [6.07, 6.45) is 0. The van der Waals surface area contributed by atoms with Crippen LogP contribution < -0.4 is 0 Å². The van der Waals surface area contributed by atoms with Crippen molar-refractivity contribution in [2.75, 3.05) is 0 Å². The molecule has 0 N–H and O–H groups in total. The number of oxime groups is 1. The van der Waals surface area contributed by atoms with Crippen LogP contribution in [0.25, 0.3) is 0 Å². The van der Waals surface area contributed by atoms with Gasteiger partial charge in [-0.3, -0.25) is 0 Å². The smallest absolute Gasteiger partial charge is 0.149 e. The van der Waals surface area contributed by atoms with Crippen molar-refractivity contribution in [1.29, 1.82) is 0 Å². The summed E-state index contributed by atoms with van der Waals surface area (Å²) in [5.74, 6) is 0.451. The van der Waals surface area contributed by atoms with Gasteiger partial charge in [-0.1, -0.05) is 49.3 Å². The number of benzene rings is 1. The largest absolute Gasteiger partial charge is 0.388 e. The first-order valence-electron chi connectivity index (χ1n) is 5.39. The third-order valence-electron chi connectivity index (χ3n) is 4.15. The van der Waals surface area contributed by atoms with Crippen LogP contribution in [0.2, 0.25) is 0 Å². The van der Waals surface area contributed by atoms with Crippen molar-refractivity contribution in [3.05, 3.63) is 35.9 Å². The number of fused-ring (bicyclic) bond motifs is 1. The Labute approximate surface area is 89.9 Å². The maximum Gasteiger partial charge on any atom is 0.149 e. The molecule has 1 aliphatic heterocycles. The monoisotopic (exact) mass is 201 g/mol. The molecule has 1 fully saturated rings. The van der Waals surface area contributed by atoms with Gasteiger partial charge >= 0.3 is 0 Å². The molecule has 1 saturated carbocycles. The highest BCUT2D eigenvalue weighted by molar-refractivity contribution is 6.06. The molecular formula is C13H15NO. The van der Waals surface area contributed by atoms with Crippen molar-refractivity contribution in [2.24, 2.45) is 16.5 Å². The minimum absolute atomic E-state index is 0.0713. The summed E-state index contributed by atoms with van der Waals surface area (Å²) in [7, 11) is 0. The van der Waals surface area contributed by atoms with Crippen LogP contribution in [0.3, 0.4) is 0 Å². The van der Waals surface area contributed by atoms with Gasteiger partial charge in [0.25, 0.3) is 0 Å². The molecule has 0 bridgehead atoms. The molecule has 1 heterocycles. The van der Waals surface area contributed by atoms with Gasteiger partial charge in [-0.2, -0.15) is 0 Å². The van der Waals surface area contributed by atoms with Crippen molar-refractivity contribution in [3.8, 4) is 0 Å². The molecule has 2 heteroatoms. The fraction of sp³-hybridized carbons (Fsp3) is 0.462. The second-order valence-electron chi connectivity index (χ2n) is 5.20. The summed E-state index contributed by atoms with van der Waals surface area (Å²) in [5, 5.41) is 4.22. The Balaban J connectivity index is 1.99. The van der Waals surface area contributed by atoms with E-state index in [0.29, 0.717) is 5.92 Å². The lowest BCUT2D eigenvalue weighted by atomic mass is 10.0. The Morgan fingerprint density at radius 1 is 1.13 bits per heavy atom. The molecule has 2 aliphatic rings. The van der Waals surface area contributed by atoms with Crippen molar-refractivity contribution in [1.82, 2.24) is 0 Å². The molecule has 0 amide bonds. The summed E-state index contributed by atoms with van der Waals surface area (Å²) in [6, 6.07) is 10.3. The maximum absolute atomic E-state index is 5.58. The molecule has 0 radical (unpaired) electrons. The van der Waals surface area contributed by atoms with Gasteiger partial charge in [-0.15, -0.1) is 0 Å². The zero-order chi connectivity index (χ0) is 10.7. The molecule has 0 aromatic heterocycles. The van der Waals surface area contributed by atoms with Crippen molar-refractivity contribution < 1.29 is 4.84 Å². The minimum atomic E-state index is -0.0713. The van der Waals surface area contributed by atoms with Gasteiger partial charge in [0.15, 0.2) is 0 Å². The molecular weight excluding hydrogens is 186 g/mol. The van der Waals surface area contributed by atoms with Gasteiger partial charge in [0, 0.05) is 5.41 Å². The molecule has 2 atom stereocenters. The van der Waals surface area contributed by atoms with E-state index in [1.165, 1.54) is 5.56 Å². The first-order chi connectivity index (χ1) is 7.07. The van der Waals surface area contributed by atoms with E-state index in [9.17, 15) is 0 Å². The van der Waals surface area contributed by atoms with E-state index < -0.39 is 0 Å². The topological polar surface area (TPSA) is 21.6 Å². The SMILES string of the molecule is CC1(C)[C@@H]2C(c3ccccc3)=NO[C@@]21C. The summed E-state index contributed by atoms with van der Waals surface area (Å²) in [6.45, 7) is 6.64. The quantitative estimate of drug-likeness (QED) is 0.684. The van der Waals surface area contributed by atoms with Gasteiger partial charge in [-0.05, 0) is 12.5 Å². The summed E-state index contributed by atoms with van der Waals surface area (Å²) in [4.78, 5) is 5.58. The highest BCUT2D eigenvalue weighted by Gasteiger charge is 2.76. The fourth-order valence-electron chi connectivity index (χ4n) is 2.74. The van der Waals surface area contributed by atoms with Gasteiger partial charge in [0.1, 0.15) is 5.60 Å². The lowest BCUT2D eigenvalue weighted by Crippen LogP contribution is -2.12. The Hall–Kier alpha value is -1.31. The van der Waals surface area contributed by atoms with Crippen LogP contribution in [-0.4, -0.2) is 11.3 Å². The number of rotatable bonds is 1. The van der Waals surface area contributed by atoms with Crippen LogP contribution in [0.1, 0.15) is 26.3 Å². The molecule has 78 valence electrons. The van der Waals surface area contributed by atoms with Crippen molar-refractivity contribution >= 4 is 5.71 Å². The normalized spacial score (nSPS) is 35.4. The van der Waals surface area contributed by atoms with Crippen LogP contribution in [0, 0.1) is 11.3 Å². The van der Waals surface area contributed by atoms with Gasteiger partial charge in [-0.25, -0.2) is 0 Å². The second-order valence-corrected chi connectivity index (χ2v) is 5.20. The van der Waals surface area contributed by atoms with Crippen molar-refractivity contribution in [2.45, 2.75) is 26.4 Å². The lowest BCUT2D eigenvalue weighted by molar-refractivity contribution is 0.0323. The first-order valence-corrected chi connectivity index (χ1v) is 5.39. The fourth-order valence-corrected chi connectivity index (χ4v) is 2.74. The first kappa shape index (κ1) is 8.96. The third kappa shape index (κ3) is 0.921. The molecule has 15 heavy (non-hydrogen) atoms. The van der Waals surface area contributed by atoms with E-state index in [1.807, 2.05) is 18.2 Å². The molecule has 0 spiro atoms. The number of hydrogen-bond donors (Lipinski definition) is 0. The van der Waals surface area contributed by atoms with Crippen LogP contribution in [0.4, 0.5) is 0 Å². The molecule has 1 aromatic carbocycles. The van der Waals surface area contributed by atoms with E-state index in [-0.39, 0.29) is 11.0 Å². The Bertz CT molecular complexity index is 435. The molecule has 1 aliphatic carbocycles. The van der Waals surface area contributed by atoms with E-state index in [2.05, 4.69) is 38.1 Å². The molecule has 2 nitrogen and oxygen atoms in total. The molecule has 3 rings (SSSR count). The summed E-state index contributed by atoms with van der Waals surface area (Å²) < 4.78 is 0. The van der Waals surface area contributed by atoms with Gasteiger partial charge in [0.05, 0.1) is 11.6 Å². The van der Waals surface area contributed by atoms with Crippen molar-refractivity contribution in [3.63, 3.8) is 0 Å². The average molecular weight is 201 g/mol. The van der Waals surface area contributed by atoms with E-state index in [0.717, 1.165) is 5.71 Å². The molecule has 0 unspecified atom stereocenters. The van der Waals surface area contributed by atoms with Crippen LogP contribution in [0.15, 0.2) is 35.5 Å². The average Bonchev–Trinajstić information content (AvgIpc) is 2.58. The Morgan fingerprint density at radius 2 is 1.80 bits per heavy atom. The number of nitrogens with zero attached hydrogens (tertiary/aromatic N) is 1. The highest BCUT2D eigenvalue weighted by Crippen LogP contribution is 2.67. The predicted molar refractivity (Wildman–Crippen MR) is 59.7 cm³/mol. The van der Waals surface area contributed by atoms with E-state index in [1.54, 1.807) is 0 Å². The Kier molecular flexibility index (Phi) is 1.45. The second kappa shape index (κ2) is 2.43. The van der Waals surface area contributed by atoms with Crippen LogP contribution in [-0.2, 0) is 4.84 Å². The van der Waals surface area contributed by atoms with Gasteiger partial charge < -0.3 is 4.84 Å². The lowest BCUT2D eigenvalue weighted by Gasteiger charge is -2.11. The zero-order valence-electron chi connectivity index (χ0n) is 9.32. The minimum Gasteiger partial charge on any atom is -0.388 e. The predicted octanol–water partition coefficient (Wildman–Crippen LogP) is 2.84. The zero-order valence-corrected chi connectivity index (χ0v) is 9.32. The summed E-state index contributed by atoms with van der Waals surface area (Å²) in [5.41, 5.74) is 2.46. The third-order valence-corrected chi connectivity index (χ3v) is 4.15. The number of hydrogen-bond acceptors (Lipinski definition) is 2. The Morgan fingerprint density at radius 3 is 2.33 bits per heavy atom. The standard InChI is InChI=1S/C13H15NO/c1-12(2)11-10(14-15-13(11,12)3)9-7-5-4-6-8-9/h4-8,11H,1-3H3/t11-,13-/m0/s1. The molecule has 1 aromatic rings. The highest BCUT2D eigenvalue weighted by atomic mass is 16.7. The maximum atomic E-state index is 5.58. The van der Waals surface area contributed by atoms with Crippen LogP contribution >= 0.6 is 0 Å². The van der Waals surface area contributed by atoms with Crippen LogP contribution in [0.5, 0.6) is 0 Å². The van der Waals surface area contributed by atoms with E-state index >= 15 is 0 Å². The molecule has 0 saturated heterocycles. The summed E-state index contributed by atoms with van der Waals surface area (Å²) >= 11 is 0.